The molecule has 2 aromatic rings. The Morgan fingerprint density at radius 1 is 1.07 bits per heavy atom. The van der Waals surface area contributed by atoms with Crippen molar-refractivity contribution in [3.8, 4) is 0 Å². The molecule has 2 atom stereocenters. The average Bonchev–Trinajstić information content (AvgIpc) is 2.66. The summed E-state index contributed by atoms with van der Waals surface area (Å²) in [6, 6.07) is 16.5. The lowest BCUT2D eigenvalue weighted by molar-refractivity contribution is -0.0174. The smallest absolute Gasteiger partial charge is 0.115 e. The van der Waals surface area contributed by atoms with E-state index in [1.807, 2.05) is 24.3 Å². The molecule has 2 aromatic carbocycles. The second-order valence-electron chi connectivity index (χ2n) is 9.67. The van der Waals surface area contributed by atoms with Crippen LogP contribution in [0.3, 0.4) is 0 Å². The van der Waals surface area contributed by atoms with Gasteiger partial charge in [-0.3, -0.25) is 0 Å². The number of nitrogens with zero attached hydrogens (tertiary/aromatic N) is 1. The van der Waals surface area contributed by atoms with Gasteiger partial charge in [0.05, 0.1) is 0 Å². The molecule has 0 aromatic heterocycles. The third kappa shape index (κ3) is 4.94. The SMILES string of the molecule is CN(C)CC1CCC/C(=C/c2ccc(Cl)cc2)C1(O)c1ccc(C(C)(C)C)cc1. The van der Waals surface area contributed by atoms with E-state index in [2.05, 4.69) is 70.1 Å². The molecule has 1 N–H and O–H groups in total. The van der Waals surface area contributed by atoms with E-state index in [1.165, 1.54) is 5.56 Å². The molecule has 3 heteroatoms. The highest BCUT2D eigenvalue weighted by Crippen LogP contribution is 2.46. The van der Waals surface area contributed by atoms with Crippen LogP contribution >= 0.6 is 11.6 Å². The van der Waals surface area contributed by atoms with Crippen LogP contribution in [0, 0.1) is 5.92 Å². The fourth-order valence-electron chi connectivity index (χ4n) is 4.45. The quantitative estimate of drug-likeness (QED) is 0.640. The van der Waals surface area contributed by atoms with Crippen LogP contribution in [-0.2, 0) is 11.0 Å². The molecule has 1 aliphatic carbocycles. The molecule has 3 rings (SSSR count). The minimum absolute atomic E-state index is 0.0960. The number of benzene rings is 2. The van der Waals surface area contributed by atoms with Gasteiger partial charge in [0.1, 0.15) is 5.60 Å². The number of hydrogen-bond acceptors (Lipinski definition) is 2. The number of hydrogen-bond donors (Lipinski definition) is 1. The van der Waals surface area contributed by atoms with Gasteiger partial charge in [-0.1, -0.05) is 74.8 Å². The molecule has 156 valence electrons. The third-order valence-corrected chi connectivity index (χ3v) is 6.32. The third-order valence-electron chi connectivity index (χ3n) is 6.07. The van der Waals surface area contributed by atoms with Crippen molar-refractivity contribution >= 4 is 17.7 Å². The second kappa shape index (κ2) is 8.63. The molecular weight excluding hydrogens is 378 g/mol. The van der Waals surface area contributed by atoms with Gasteiger partial charge in [0, 0.05) is 17.5 Å². The minimum atomic E-state index is -0.960. The van der Waals surface area contributed by atoms with Crippen molar-refractivity contribution in [2.75, 3.05) is 20.6 Å². The summed E-state index contributed by atoms with van der Waals surface area (Å²) in [6.45, 7) is 7.52. The van der Waals surface area contributed by atoms with E-state index in [1.54, 1.807) is 0 Å². The van der Waals surface area contributed by atoms with Crippen LogP contribution in [0.5, 0.6) is 0 Å². The van der Waals surface area contributed by atoms with Gasteiger partial charge in [-0.25, -0.2) is 0 Å². The first kappa shape index (κ1) is 22.1. The Balaban J connectivity index is 2.07. The van der Waals surface area contributed by atoms with Crippen LogP contribution in [0.2, 0.25) is 5.02 Å². The lowest BCUT2D eigenvalue weighted by atomic mass is 9.67. The Morgan fingerprint density at radius 2 is 1.69 bits per heavy atom. The zero-order valence-corrected chi connectivity index (χ0v) is 19.1. The van der Waals surface area contributed by atoms with E-state index in [0.29, 0.717) is 0 Å². The highest BCUT2D eigenvalue weighted by atomic mass is 35.5. The van der Waals surface area contributed by atoms with Crippen molar-refractivity contribution < 1.29 is 5.11 Å². The summed E-state index contributed by atoms with van der Waals surface area (Å²) in [5.74, 6) is 0.158. The predicted molar refractivity (Wildman–Crippen MR) is 124 cm³/mol. The van der Waals surface area contributed by atoms with Crippen molar-refractivity contribution in [3.05, 3.63) is 75.8 Å². The van der Waals surface area contributed by atoms with Crippen molar-refractivity contribution in [2.24, 2.45) is 5.92 Å². The highest BCUT2D eigenvalue weighted by Gasteiger charge is 2.44. The summed E-state index contributed by atoms with van der Waals surface area (Å²) in [7, 11) is 4.17. The molecule has 0 radical (unpaired) electrons. The molecule has 0 spiro atoms. The van der Waals surface area contributed by atoms with Gasteiger partial charge in [0.2, 0.25) is 0 Å². The summed E-state index contributed by atoms with van der Waals surface area (Å²) < 4.78 is 0. The molecule has 2 unspecified atom stereocenters. The van der Waals surface area contributed by atoms with E-state index in [-0.39, 0.29) is 11.3 Å². The van der Waals surface area contributed by atoms with Crippen molar-refractivity contribution in [2.45, 2.75) is 51.0 Å². The van der Waals surface area contributed by atoms with Gasteiger partial charge in [-0.15, -0.1) is 0 Å². The summed E-state index contributed by atoms with van der Waals surface area (Å²) in [6.07, 6.45) is 5.19. The van der Waals surface area contributed by atoms with Crippen LogP contribution in [-0.4, -0.2) is 30.6 Å². The second-order valence-corrected chi connectivity index (χ2v) is 10.1. The van der Waals surface area contributed by atoms with Gasteiger partial charge in [-0.05, 0) is 73.2 Å². The van der Waals surface area contributed by atoms with E-state index >= 15 is 0 Å². The molecule has 0 bridgehead atoms. The molecule has 1 fully saturated rings. The van der Waals surface area contributed by atoms with Gasteiger partial charge < -0.3 is 10.0 Å². The van der Waals surface area contributed by atoms with E-state index < -0.39 is 5.60 Å². The summed E-state index contributed by atoms with van der Waals surface area (Å²) in [5.41, 5.74) is 3.60. The molecule has 1 saturated carbocycles. The molecule has 2 nitrogen and oxygen atoms in total. The maximum atomic E-state index is 12.2. The Hall–Kier alpha value is -1.61. The minimum Gasteiger partial charge on any atom is -0.380 e. The molecule has 0 amide bonds. The Morgan fingerprint density at radius 3 is 2.24 bits per heavy atom. The first-order valence-electron chi connectivity index (χ1n) is 10.6. The topological polar surface area (TPSA) is 23.5 Å². The highest BCUT2D eigenvalue weighted by molar-refractivity contribution is 6.30. The van der Waals surface area contributed by atoms with Gasteiger partial charge in [-0.2, -0.15) is 0 Å². The molecule has 0 saturated heterocycles. The van der Waals surface area contributed by atoms with Gasteiger partial charge >= 0.3 is 0 Å². The average molecular weight is 412 g/mol. The number of rotatable bonds is 4. The summed E-state index contributed by atoms with van der Waals surface area (Å²) in [4.78, 5) is 2.18. The normalized spacial score (nSPS) is 24.3. The zero-order valence-electron chi connectivity index (χ0n) is 18.4. The van der Waals surface area contributed by atoms with Crippen LogP contribution in [0.1, 0.15) is 56.7 Å². The molecular formula is C26H34ClNO. The predicted octanol–water partition coefficient (Wildman–Crippen LogP) is 6.27. The molecule has 1 aliphatic rings. The fraction of sp³-hybridized carbons (Fsp3) is 0.462. The van der Waals surface area contributed by atoms with Crippen molar-refractivity contribution in [1.29, 1.82) is 0 Å². The van der Waals surface area contributed by atoms with Crippen LogP contribution < -0.4 is 0 Å². The van der Waals surface area contributed by atoms with Gasteiger partial charge in [0.15, 0.2) is 0 Å². The number of aliphatic hydroxyl groups is 1. The van der Waals surface area contributed by atoms with E-state index in [4.69, 9.17) is 11.6 Å². The molecule has 29 heavy (non-hydrogen) atoms. The standard InChI is InChI=1S/C26H34ClNO/c1-25(2,3)20-11-13-21(14-12-20)26(29)22(7-6-8-23(26)18-28(4)5)17-19-9-15-24(27)16-10-19/h9-17,23,29H,6-8,18H2,1-5H3/b22-17-. The zero-order chi connectivity index (χ0) is 21.2. The fourth-order valence-corrected chi connectivity index (χ4v) is 4.58. The lowest BCUT2D eigenvalue weighted by Crippen LogP contribution is -2.44. The summed E-state index contributed by atoms with van der Waals surface area (Å²) in [5, 5.41) is 12.9. The maximum Gasteiger partial charge on any atom is 0.115 e. The molecule has 0 aliphatic heterocycles. The Labute approximate surface area is 181 Å². The first-order chi connectivity index (χ1) is 13.6. The Kier molecular flexibility index (Phi) is 6.57. The van der Waals surface area contributed by atoms with E-state index in [9.17, 15) is 5.11 Å². The summed E-state index contributed by atoms with van der Waals surface area (Å²) >= 11 is 6.06. The van der Waals surface area contributed by atoms with Crippen molar-refractivity contribution in [3.63, 3.8) is 0 Å². The lowest BCUT2D eigenvalue weighted by Gasteiger charge is -2.44. The van der Waals surface area contributed by atoms with Crippen molar-refractivity contribution in [1.82, 2.24) is 4.90 Å². The molecule has 0 heterocycles. The van der Waals surface area contributed by atoms with Gasteiger partial charge in [0.25, 0.3) is 0 Å². The largest absolute Gasteiger partial charge is 0.380 e. The Bertz CT molecular complexity index is 846. The number of halogens is 1. The van der Waals surface area contributed by atoms with Crippen LogP contribution in [0.25, 0.3) is 6.08 Å². The first-order valence-corrected chi connectivity index (χ1v) is 10.9. The maximum absolute atomic E-state index is 12.2. The van der Waals surface area contributed by atoms with Crippen LogP contribution in [0.15, 0.2) is 54.1 Å². The van der Waals surface area contributed by atoms with Crippen LogP contribution in [0.4, 0.5) is 0 Å². The monoisotopic (exact) mass is 411 g/mol. The van der Waals surface area contributed by atoms with E-state index in [0.717, 1.165) is 47.5 Å².